The van der Waals surface area contributed by atoms with Gasteiger partial charge >= 0.3 is 0 Å². The predicted molar refractivity (Wildman–Crippen MR) is 55.4 cm³/mol. The van der Waals surface area contributed by atoms with Gasteiger partial charge in [0.25, 0.3) is 5.56 Å². The Bertz CT molecular complexity index is 364. The van der Waals surface area contributed by atoms with Crippen molar-refractivity contribution in [1.29, 1.82) is 0 Å². The normalized spacial score (nSPS) is 17.5. The molecule has 1 saturated carbocycles. The number of aromatic amines is 1. The Balaban J connectivity index is 2.32. The summed E-state index contributed by atoms with van der Waals surface area (Å²) in [5, 5.41) is 0. The molecule has 3 nitrogen and oxygen atoms in total. The van der Waals surface area contributed by atoms with Crippen LogP contribution in [0.3, 0.4) is 0 Å². The van der Waals surface area contributed by atoms with Crippen LogP contribution in [0.25, 0.3) is 0 Å². The standard InChI is InChI=1S/C11H16N2O/c1-2-9-7-10(14)13-11(12-9)8-5-3-4-6-8/h7-8H,2-6H2,1H3,(H,12,13,14). The zero-order chi connectivity index (χ0) is 9.97. The second kappa shape index (κ2) is 3.95. The van der Waals surface area contributed by atoms with E-state index in [4.69, 9.17) is 0 Å². The van der Waals surface area contributed by atoms with Gasteiger partial charge in [0, 0.05) is 17.7 Å². The number of hydrogen-bond donors (Lipinski definition) is 1. The van der Waals surface area contributed by atoms with Crippen LogP contribution in [0.1, 0.15) is 50.0 Å². The van der Waals surface area contributed by atoms with Crippen LogP contribution in [0.2, 0.25) is 0 Å². The first-order chi connectivity index (χ1) is 6.79. The molecule has 1 fully saturated rings. The number of hydrogen-bond acceptors (Lipinski definition) is 2. The zero-order valence-electron chi connectivity index (χ0n) is 8.55. The van der Waals surface area contributed by atoms with Gasteiger partial charge in [0.2, 0.25) is 0 Å². The third-order valence-corrected chi connectivity index (χ3v) is 2.92. The molecule has 1 aliphatic carbocycles. The Morgan fingerprint density at radius 2 is 2.21 bits per heavy atom. The Labute approximate surface area is 83.6 Å². The van der Waals surface area contributed by atoms with Crippen molar-refractivity contribution < 1.29 is 0 Å². The summed E-state index contributed by atoms with van der Waals surface area (Å²) in [6.45, 7) is 2.03. The van der Waals surface area contributed by atoms with E-state index in [0.717, 1.165) is 17.9 Å². The average molecular weight is 192 g/mol. The Kier molecular flexibility index (Phi) is 2.66. The number of aryl methyl sites for hydroxylation is 1. The van der Waals surface area contributed by atoms with E-state index in [1.807, 2.05) is 6.92 Å². The monoisotopic (exact) mass is 192 g/mol. The molecule has 0 saturated heterocycles. The zero-order valence-corrected chi connectivity index (χ0v) is 8.55. The van der Waals surface area contributed by atoms with Crippen molar-refractivity contribution in [1.82, 2.24) is 9.97 Å². The van der Waals surface area contributed by atoms with Crippen molar-refractivity contribution in [3.05, 3.63) is 27.9 Å². The molecule has 0 bridgehead atoms. The number of H-pyrrole nitrogens is 1. The van der Waals surface area contributed by atoms with Gasteiger partial charge in [0.1, 0.15) is 5.82 Å². The molecule has 0 amide bonds. The molecular weight excluding hydrogens is 176 g/mol. The van der Waals surface area contributed by atoms with Gasteiger partial charge in [0.15, 0.2) is 0 Å². The summed E-state index contributed by atoms with van der Waals surface area (Å²) in [5.41, 5.74) is 0.911. The number of nitrogens with one attached hydrogen (secondary N) is 1. The number of aromatic nitrogens is 2. The molecule has 1 heterocycles. The van der Waals surface area contributed by atoms with Crippen molar-refractivity contribution in [3.63, 3.8) is 0 Å². The fourth-order valence-corrected chi connectivity index (χ4v) is 2.10. The lowest BCUT2D eigenvalue weighted by molar-refractivity contribution is 0.656. The minimum atomic E-state index is -0.00116. The van der Waals surface area contributed by atoms with Crippen LogP contribution in [0.5, 0.6) is 0 Å². The largest absolute Gasteiger partial charge is 0.310 e. The van der Waals surface area contributed by atoms with Crippen LogP contribution >= 0.6 is 0 Å². The third kappa shape index (κ3) is 1.86. The fraction of sp³-hybridized carbons (Fsp3) is 0.636. The lowest BCUT2D eigenvalue weighted by Crippen LogP contribution is -2.14. The third-order valence-electron chi connectivity index (χ3n) is 2.92. The predicted octanol–water partition coefficient (Wildman–Crippen LogP) is 1.99. The van der Waals surface area contributed by atoms with Gasteiger partial charge in [-0.15, -0.1) is 0 Å². The molecule has 1 aromatic rings. The van der Waals surface area contributed by atoms with Crippen molar-refractivity contribution in [3.8, 4) is 0 Å². The van der Waals surface area contributed by atoms with Gasteiger partial charge in [-0.05, 0) is 19.3 Å². The molecular formula is C11H16N2O. The second-order valence-corrected chi connectivity index (χ2v) is 3.96. The second-order valence-electron chi connectivity index (χ2n) is 3.96. The van der Waals surface area contributed by atoms with Crippen LogP contribution < -0.4 is 5.56 Å². The van der Waals surface area contributed by atoms with E-state index in [-0.39, 0.29) is 5.56 Å². The summed E-state index contributed by atoms with van der Waals surface area (Å²) in [7, 11) is 0. The highest BCUT2D eigenvalue weighted by Gasteiger charge is 2.19. The topological polar surface area (TPSA) is 45.8 Å². The summed E-state index contributed by atoms with van der Waals surface area (Å²) in [6.07, 6.45) is 5.73. The summed E-state index contributed by atoms with van der Waals surface area (Å²) in [6, 6.07) is 1.60. The first-order valence-corrected chi connectivity index (χ1v) is 5.39. The summed E-state index contributed by atoms with van der Waals surface area (Å²) < 4.78 is 0. The Hall–Kier alpha value is -1.12. The Morgan fingerprint density at radius 3 is 2.86 bits per heavy atom. The molecule has 0 aromatic carbocycles. The average Bonchev–Trinajstić information content (AvgIpc) is 2.69. The lowest BCUT2D eigenvalue weighted by atomic mass is 10.1. The fourth-order valence-electron chi connectivity index (χ4n) is 2.10. The SMILES string of the molecule is CCc1cc(=O)[nH]c(C2CCCC2)n1. The molecule has 0 spiro atoms. The maximum absolute atomic E-state index is 11.3. The molecule has 0 radical (unpaired) electrons. The molecule has 0 unspecified atom stereocenters. The molecule has 1 aliphatic rings. The number of rotatable bonds is 2. The maximum atomic E-state index is 11.3. The molecule has 76 valence electrons. The van der Waals surface area contributed by atoms with E-state index in [1.165, 1.54) is 25.7 Å². The van der Waals surface area contributed by atoms with E-state index in [9.17, 15) is 4.79 Å². The molecule has 0 aliphatic heterocycles. The molecule has 1 aromatic heterocycles. The summed E-state index contributed by atoms with van der Waals surface area (Å²) in [5.74, 6) is 1.40. The highest BCUT2D eigenvalue weighted by atomic mass is 16.1. The minimum Gasteiger partial charge on any atom is -0.310 e. The highest BCUT2D eigenvalue weighted by molar-refractivity contribution is 5.06. The molecule has 1 N–H and O–H groups in total. The molecule has 14 heavy (non-hydrogen) atoms. The van der Waals surface area contributed by atoms with E-state index < -0.39 is 0 Å². The van der Waals surface area contributed by atoms with E-state index in [1.54, 1.807) is 6.07 Å². The summed E-state index contributed by atoms with van der Waals surface area (Å²) >= 11 is 0. The molecule has 3 heteroatoms. The first-order valence-electron chi connectivity index (χ1n) is 5.39. The van der Waals surface area contributed by atoms with Crippen molar-refractivity contribution in [2.24, 2.45) is 0 Å². The van der Waals surface area contributed by atoms with Crippen LogP contribution in [0.4, 0.5) is 0 Å². The van der Waals surface area contributed by atoms with Gasteiger partial charge < -0.3 is 4.98 Å². The van der Waals surface area contributed by atoms with Crippen LogP contribution in [-0.2, 0) is 6.42 Å². The molecule has 0 atom stereocenters. The van der Waals surface area contributed by atoms with Gasteiger partial charge in [-0.2, -0.15) is 0 Å². The van der Waals surface area contributed by atoms with Gasteiger partial charge in [-0.25, -0.2) is 4.98 Å². The quantitative estimate of drug-likeness (QED) is 0.778. The van der Waals surface area contributed by atoms with Crippen LogP contribution in [0.15, 0.2) is 10.9 Å². The van der Waals surface area contributed by atoms with Crippen molar-refractivity contribution >= 4 is 0 Å². The molecule has 2 rings (SSSR count). The van der Waals surface area contributed by atoms with Crippen molar-refractivity contribution in [2.75, 3.05) is 0 Å². The van der Waals surface area contributed by atoms with E-state index in [0.29, 0.717) is 5.92 Å². The maximum Gasteiger partial charge on any atom is 0.251 e. The van der Waals surface area contributed by atoms with Gasteiger partial charge in [-0.3, -0.25) is 4.79 Å². The van der Waals surface area contributed by atoms with E-state index in [2.05, 4.69) is 9.97 Å². The van der Waals surface area contributed by atoms with Crippen molar-refractivity contribution in [2.45, 2.75) is 44.9 Å². The highest BCUT2D eigenvalue weighted by Crippen LogP contribution is 2.31. The minimum absolute atomic E-state index is 0.00116. The first kappa shape index (κ1) is 9.44. The van der Waals surface area contributed by atoms with Crippen LogP contribution in [0, 0.1) is 0 Å². The van der Waals surface area contributed by atoms with Crippen LogP contribution in [-0.4, -0.2) is 9.97 Å². The van der Waals surface area contributed by atoms with Gasteiger partial charge in [0.05, 0.1) is 0 Å². The van der Waals surface area contributed by atoms with Gasteiger partial charge in [-0.1, -0.05) is 19.8 Å². The Morgan fingerprint density at radius 1 is 1.50 bits per heavy atom. The number of nitrogens with zero attached hydrogens (tertiary/aromatic N) is 1. The summed E-state index contributed by atoms with van der Waals surface area (Å²) in [4.78, 5) is 18.7. The lowest BCUT2D eigenvalue weighted by Gasteiger charge is -2.08. The van der Waals surface area contributed by atoms with E-state index >= 15 is 0 Å². The smallest absolute Gasteiger partial charge is 0.251 e.